The van der Waals surface area contributed by atoms with E-state index >= 15 is 0 Å². The van der Waals surface area contributed by atoms with E-state index in [0.29, 0.717) is 0 Å². The van der Waals surface area contributed by atoms with Gasteiger partial charge in [-0.1, -0.05) is 178 Å². The Morgan fingerprint density at radius 2 is 0.982 bits per heavy atom. The molecule has 0 heterocycles. The number of nitrogens with zero attached hydrogens (tertiary/aromatic N) is 1. The molecule has 0 unspecified atom stereocenters. The molecule has 0 radical (unpaired) electrons. The summed E-state index contributed by atoms with van der Waals surface area (Å²) >= 11 is 0. The van der Waals surface area contributed by atoms with Crippen LogP contribution in [0.2, 0.25) is 0 Å². The van der Waals surface area contributed by atoms with E-state index in [-0.39, 0.29) is 5.41 Å². The van der Waals surface area contributed by atoms with Crippen LogP contribution in [0.15, 0.2) is 200 Å². The lowest BCUT2D eigenvalue weighted by Crippen LogP contribution is -2.16. The Morgan fingerprint density at radius 1 is 0.357 bits per heavy atom. The molecular weight excluding hydrogens is 675 g/mol. The van der Waals surface area contributed by atoms with Gasteiger partial charge in [0.2, 0.25) is 0 Å². The van der Waals surface area contributed by atoms with E-state index in [9.17, 15) is 0 Å². The van der Waals surface area contributed by atoms with Gasteiger partial charge in [-0.3, -0.25) is 0 Å². The van der Waals surface area contributed by atoms with Crippen molar-refractivity contribution in [3.8, 4) is 33.4 Å². The summed E-state index contributed by atoms with van der Waals surface area (Å²) in [6.07, 6.45) is 0. The predicted octanol–water partition coefficient (Wildman–Crippen LogP) is 15.4. The summed E-state index contributed by atoms with van der Waals surface area (Å²) in [6.45, 7) is 4.71. The lowest BCUT2D eigenvalue weighted by molar-refractivity contribution is 0.660. The van der Waals surface area contributed by atoms with Gasteiger partial charge in [-0.05, 0) is 118 Å². The van der Waals surface area contributed by atoms with E-state index in [1.54, 1.807) is 0 Å². The summed E-state index contributed by atoms with van der Waals surface area (Å²) in [5, 5.41) is 10.3. The van der Waals surface area contributed by atoms with Crippen LogP contribution in [0.25, 0.3) is 76.5 Å². The van der Waals surface area contributed by atoms with Gasteiger partial charge in [-0.25, -0.2) is 0 Å². The first-order valence-corrected chi connectivity index (χ1v) is 19.6. The second-order valence-electron chi connectivity index (χ2n) is 15.7. The van der Waals surface area contributed by atoms with Gasteiger partial charge in [-0.15, -0.1) is 0 Å². The van der Waals surface area contributed by atoms with Crippen LogP contribution in [0, 0.1) is 0 Å². The maximum atomic E-state index is 2.46. The van der Waals surface area contributed by atoms with Gasteiger partial charge >= 0.3 is 0 Å². The highest BCUT2D eigenvalue weighted by Crippen LogP contribution is 2.54. The molecule has 11 rings (SSSR count). The Morgan fingerprint density at radius 3 is 1.82 bits per heavy atom. The van der Waals surface area contributed by atoms with E-state index in [0.717, 1.165) is 11.4 Å². The second kappa shape index (κ2) is 12.5. The number of hydrogen-bond acceptors (Lipinski definition) is 1. The van der Waals surface area contributed by atoms with E-state index in [1.165, 1.54) is 93.3 Å². The topological polar surface area (TPSA) is 3.24 Å². The smallest absolute Gasteiger partial charge is 0.0543 e. The zero-order valence-electron chi connectivity index (χ0n) is 31.5. The average Bonchev–Trinajstić information content (AvgIpc) is 3.50. The lowest BCUT2D eigenvalue weighted by atomic mass is 9.82. The van der Waals surface area contributed by atoms with Crippen molar-refractivity contribution in [2.24, 2.45) is 0 Å². The largest absolute Gasteiger partial charge is 0.310 e. The number of rotatable bonds is 5. The van der Waals surface area contributed by atoms with Gasteiger partial charge in [-0.2, -0.15) is 0 Å². The summed E-state index contributed by atoms with van der Waals surface area (Å²) in [7, 11) is 0. The first kappa shape index (κ1) is 32.5. The molecule has 1 aliphatic carbocycles. The molecule has 0 atom stereocenters. The van der Waals surface area contributed by atoms with Crippen LogP contribution in [-0.4, -0.2) is 0 Å². The zero-order valence-corrected chi connectivity index (χ0v) is 31.5. The number of hydrogen-bond donors (Lipinski definition) is 0. The summed E-state index contributed by atoms with van der Waals surface area (Å²) in [4.78, 5) is 2.46. The molecule has 264 valence electrons. The van der Waals surface area contributed by atoms with E-state index in [4.69, 9.17) is 0 Å². The van der Waals surface area contributed by atoms with Crippen LogP contribution >= 0.6 is 0 Å². The molecule has 1 aliphatic rings. The molecule has 0 fully saturated rings. The first-order chi connectivity index (χ1) is 27.5. The van der Waals surface area contributed by atoms with Crippen molar-refractivity contribution < 1.29 is 0 Å². The Kier molecular flexibility index (Phi) is 7.28. The fourth-order valence-electron chi connectivity index (χ4n) is 9.53. The third-order valence-electron chi connectivity index (χ3n) is 12.2. The molecule has 0 N–H and O–H groups in total. The van der Waals surface area contributed by atoms with Crippen LogP contribution in [0.3, 0.4) is 0 Å². The SMILES string of the molecule is CC1(C)c2ccccc2-c2c(N(c3ccc(-c4cc5ccc6ccc7ccccc7c6c5c5ccccc45)cc3)c3cccc(-c4ccccc4)c3)cccc21. The molecule has 10 aromatic rings. The number of fused-ring (bicyclic) bond motifs is 10. The zero-order chi connectivity index (χ0) is 37.4. The summed E-state index contributed by atoms with van der Waals surface area (Å²) in [5.74, 6) is 0. The molecule has 0 aliphatic heterocycles. The van der Waals surface area contributed by atoms with Crippen molar-refractivity contribution >= 4 is 60.2 Å². The Bertz CT molecular complexity index is 3150. The third-order valence-corrected chi connectivity index (χ3v) is 12.2. The van der Waals surface area contributed by atoms with Crippen molar-refractivity contribution in [1.29, 1.82) is 0 Å². The normalized spacial score (nSPS) is 13.0. The molecule has 10 aromatic carbocycles. The highest BCUT2D eigenvalue weighted by molar-refractivity contribution is 6.29. The minimum atomic E-state index is -0.0991. The molecule has 0 aromatic heterocycles. The van der Waals surface area contributed by atoms with Crippen LogP contribution in [0.5, 0.6) is 0 Å². The number of anilines is 3. The molecule has 0 saturated carbocycles. The lowest BCUT2D eigenvalue weighted by Gasteiger charge is -2.29. The van der Waals surface area contributed by atoms with Gasteiger partial charge in [0.1, 0.15) is 0 Å². The Hall–Kier alpha value is -6.96. The molecule has 0 amide bonds. The van der Waals surface area contributed by atoms with Gasteiger partial charge < -0.3 is 4.90 Å². The Labute approximate surface area is 327 Å². The fourth-order valence-corrected chi connectivity index (χ4v) is 9.53. The van der Waals surface area contributed by atoms with Gasteiger partial charge in [0.25, 0.3) is 0 Å². The average molecular weight is 714 g/mol. The van der Waals surface area contributed by atoms with Gasteiger partial charge in [0.05, 0.1) is 5.69 Å². The maximum Gasteiger partial charge on any atom is 0.0543 e. The van der Waals surface area contributed by atoms with Crippen LogP contribution in [-0.2, 0) is 5.41 Å². The highest BCUT2D eigenvalue weighted by atomic mass is 15.1. The van der Waals surface area contributed by atoms with Crippen LogP contribution in [0.1, 0.15) is 25.0 Å². The van der Waals surface area contributed by atoms with Crippen molar-refractivity contribution in [2.75, 3.05) is 4.90 Å². The van der Waals surface area contributed by atoms with E-state index in [2.05, 4.69) is 219 Å². The third kappa shape index (κ3) is 4.94. The summed E-state index contributed by atoms with van der Waals surface area (Å²) in [5.41, 5.74) is 13.5. The minimum absolute atomic E-state index is 0.0991. The van der Waals surface area contributed by atoms with Gasteiger partial charge in [0.15, 0.2) is 0 Å². The molecule has 1 nitrogen and oxygen atoms in total. The quantitative estimate of drug-likeness (QED) is 0.161. The summed E-state index contributed by atoms with van der Waals surface area (Å²) < 4.78 is 0. The molecular formula is C55H39N. The number of benzene rings is 10. The minimum Gasteiger partial charge on any atom is -0.310 e. The molecule has 56 heavy (non-hydrogen) atoms. The first-order valence-electron chi connectivity index (χ1n) is 19.6. The van der Waals surface area contributed by atoms with Crippen molar-refractivity contribution in [3.05, 3.63) is 211 Å². The van der Waals surface area contributed by atoms with Crippen molar-refractivity contribution in [1.82, 2.24) is 0 Å². The van der Waals surface area contributed by atoms with E-state index in [1.807, 2.05) is 0 Å². The van der Waals surface area contributed by atoms with Crippen molar-refractivity contribution in [3.63, 3.8) is 0 Å². The van der Waals surface area contributed by atoms with Crippen molar-refractivity contribution in [2.45, 2.75) is 19.3 Å². The monoisotopic (exact) mass is 713 g/mol. The molecule has 0 bridgehead atoms. The van der Waals surface area contributed by atoms with E-state index < -0.39 is 0 Å². The molecule has 0 spiro atoms. The molecule has 0 saturated heterocycles. The van der Waals surface area contributed by atoms with Gasteiger partial charge in [0, 0.05) is 22.4 Å². The predicted molar refractivity (Wildman–Crippen MR) is 240 cm³/mol. The maximum absolute atomic E-state index is 2.46. The standard InChI is InChI=1S/C55H39N/c1-55(2)49-23-11-10-22-47(49)54-50(55)24-13-25-51(54)56(43-18-12-17-40(34-43)36-14-4-3-5-15-36)42-32-30-38(31-33-42)48-35-41-29-28-39-27-26-37-16-6-7-19-44(37)52(39)53(41)46-21-9-8-20-45(46)48/h3-35H,1-2H3. The summed E-state index contributed by atoms with van der Waals surface area (Å²) in [6, 6.07) is 73.9. The van der Waals surface area contributed by atoms with Crippen LogP contribution < -0.4 is 4.90 Å². The molecule has 1 heteroatoms. The second-order valence-corrected chi connectivity index (χ2v) is 15.7. The fraction of sp³-hybridized carbons (Fsp3) is 0.0545. The van der Waals surface area contributed by atoms with Crippen LogP contribution in [0.4, 0.5) is 17.1 Å². The highest BCUT2D eigenvalue weighted by Gasteiger charge is 2.37. The Balaban J connectivity index is 1.11.